The van der Waals surface area contributed by atoms with Crippen molar-refractivity contribution in [2.75, 3.05) is 4.90 Å². The van der Waals surface area contributed by atoms with E-state index in [-0.39, 0.29) is 12.1 Å². The number of anilines is 1. The van der Waals surface area contributed by atoms with Crippen LogP contribution in [0.1, 0.15) is 45.9 Å². The summed E-state index contributed by atoms with van der Waals surface area (Å²) in [5.41, 5.74) is 8.24. The van der Waals surface area contributed by atoms with Gasteiger partial charge in [0.05, 0.1) is 17.8 Å². The molecule has 1 saturated heterocycles. The molecule has 1 aliphatic heterocycles. The lowest BCUT2D eigenvalue weighted by Crippen LogP contribution is -2.29. The molecule has 33 heavy (non-hydrogen) atoms. The first kappa shape index (κ1) is 21.3. The van der Waals surface area contributed by atoms with E-state index >= 15 is 0 Å². The maximum Gasteiger partial charge on any atom is 0.174 e. The summed E-state index contributed by atoms with van der Waals surface area (Å²) in [6, 6.07) is 21.0. The molecule has 0 bridgehead atoms. The molecule has 0 saturated carbocycles. The Balaban J connectivity index is 1.62. The lowest BCUT2D eigenvalue weighted by molar-refractivity contribution is 0.563. The number of hydrogen-bond acceptors (Lipinski definition) is 3. The second-order valence-electron chi connectivity index (χ2n) is 8.60. The molecule has 6 heteroatoms. The predicted octanol–water partition coefficient (Wildman–Crippen LogP) is 5.43. The van der Waals surface area contributed by atoms with Gasteiger partial charge in [-0.2, -0.15) is 0 Å². The second-order valence-corrected chi connectivity index (χ2v) is 8.99. The van der Waals surface area contributed by atoms with Crippen molar-refractivity contribution in [2.45, 2.75) is 39.4 Å². The van der Waals surface area contributed by atoms with Crippen molar-refractivity contribution in [2.24, 2.45) is 0 Å². The first-order valence-corrected chi connectivity index (χ1v) is 11.6. The van der Waals surface area contributed by atoms with E-state index in [9.17, 15) is 0 Å². The zero-order valence-corrected chi connectivity index (χ0v) is 19.9. The maximum absolute atomic E-state index is 5.87. The average Bonchev–Trinajstić information content (AvgIpc) is 3.32. The molecule has 4 heterocycles. The van der Waals surface area contributed by atoms with Crippen LogP contribution in [0.2, 0.25) is 0 Å². The van der Waals surface area contributed by atoms with E-state index in [1.807, 2.05) is 30.7 Å². The van der Waals surface area contributed by atoms with E-state index in [2.05, 4.69) is 94.1 Å². The molecule has 0 radical (unpaired) electrons. The quantitative estimate of drug-likeness (QED) is 0.408. The minimum Gasteiger partial charge on any atom is -0.351 e. The summed E-state index contributed by atoms with van der Waals surface area (Å²) in [6.45, 7) is 7.28. The summed E-state index contributed by atoms with van der Waals surface area (Å²) < 4.78 is 2.37. The number of nitrogens with one attached hydrogen (secondary N) is 1. The minimum atomic E-state index is -0.0464. The van der Waals surface area contributed by atoms with Crippen LogP contribution in [0.3, 0.4) is 0 Å². The van der Waals surface area contributed by atoms with Crippen molar-refractivity contribution in [1.82, 2.24) is 19.9 Å². The second kappa shape index (κ2) is 8.79. The molecule has 5 rings (SSSR count). The van der Waals surface area contributed by atoms with Crippen molar-refractivity contribution in [1.29, 1.82) is 0 Å². The average molecular weight is 454 g/mol. The third kappa shape index (κ3) is 4.02. The fraction of sp³-hybridized carbons (Fsp3) is 0.222. The number of pyridine rings is 2. The standard InChI is InChI=1S/C27H27N5S/c1-18-7-9-22(10-8-18)32-26(25(30-27(32)33)24-6-4-5-13-29-24)23-16-19(2)31(20(23)3)17-21-11-14-28-15-12-21/h4-16,25-26H,17H2,1-3H3,(H,30,33)/t25-,26-/m0/s1. The monoisotopic (exact) mass is 453 g/mol. The van der Waals surface area contributed by atoms with Crippen molar-refractivity contribution >= 4 is 23.0 Å². The highest BCUT2D eigenvalue weighted by Gasteiger charge is 2.42. The smallest absolute Gasteiger partial charge is 0.174 e. The van der Waals surface area contributed by atoms with Gasteiger partial charge in [-0.05, 0) is 86.6 Å². The van der Waals surface area contributed by atoms with Crippen LogP contribution in [-0.4, -0.2) is 19.6 Å². The normalized spacial score (nSPS) is 17.9. The zero-order valence-electron chi connectivity index (χ0n) is 19.1. The van der Waals surface area contributed by atoms with E-state index in [0.29, 0.717) is 0 Å². The molecule has 0 unspecified atom stereocenters. The van der Waals surface area contributed by atoms with Crippen molar-refractivity contribution in [3.8, 4) is 0 Å². The van der Waals surface area contributed by atoms with Crippen LogP contribution in [0.25, 0.3) is 0 Å². The predicted molar refractivity (Wildman–Crippen MR) is 136 cm³/mol. The van der Waals surface area contributed by atoms with Crippen molar-refractivity contribution in [3.63, 3.8) is 0 Å². The summed E-state index contributed by atoms with van der Waals surface area (Å²) in [7, 11) is 0. The van der Waals surface area contributed by atoms with Crippen LogP contribution < -0.4 is 10.2 Å². The van der Waals surface area contributed by atoms with Crippen LogP contribution >= 0.6 is 12.2 Å². The van der Waals surface area contributed by atoms with Crippen LogP contribution in [-0.2, 0) is 6.54 Å². The highest BCUT2D eigenvalue weighted by molar-refractivity contribution is 7.80. The first-order valence-electron chi connectivity index (χ1n) is 11.2. The van der Waals surface area contributed by atoms with E-state index < -0.39 is 0 Å². The number of hydrogen-bond donors (Lipinski definition) is 1. The Kier molecular flexibility index (Phi) is 5.68. The van der Waals surface area contributed by atoms with Crippen LogP contribution in [0.5, 0.6) is 0 Å². The van der Waals surface area contributed by atoms with Crippen LogP contribution in [0.15, 0.2) is 79.3 Å². The highest BCUT2D eigenvalue weighted by Crippen LogP contribution is 2.43. The topological polar surface area (TPSA) is 46.0 Å². The molecule has 3 aromatic heterocycles. The van der Waals surface area contributed by atoms with Gasteiger partial charge in [0.1, 0.15) is 0 Å². The lowest BCUT2D eigenvalue weighted by atomic mass is 9.96. The summed E-state index contributed by atoms with van der Waals surface area (Å²) in [5.74, 6) is 0. The maximum atomic E-state index is 5.87. The largest absolute Gasteiger partial charge is 0.351 e. The Bertz CT molecular complexity index is 1270. The van der Waals surface area contributed by atoms with Gasteiger partial charge >= 0.3 is 0 Å². The molecular weight excluding hydrogens is 426 g/mol. The van der Waals surface area contributed by atoms with E-state index in [1.54, 1.807) is 0 Å². The fourth-order valence-electron chi connectivity index (χ4n) is 4.70. The summed E-state index contributed by atoms with van der Waals surface area (Å²) >= 11 is 5.87. The van der Waals surface area contributed by atoms with Gasteiger partial charge in [0.2, 0.25) is 0 Å². The SMILES string of the molecule is Cc1ccc(N2C(=S)N[C@@H](c3ccccn3)[C@@H]2c2cc(C)n(Cc3ccncc3)c2C)cc1. The van der Waals surface area contributed by atoms with Crippen LogP contribution in [0.4, 0.5) is 5.69 Å². The number of nitrogens with zero attached hydrogens (tertiary/aromatic N) is 4. The number of rotatable bonds is 5. The van der Waals surface area contributed by atoms with Crippen molar-refractivity contribution < 1.29 is 0 Å². The Morgan fingerprint density at radius 1 is 0.939 bits per heavy atom. The number of aromatic nitrogens is 3. The van der Waals surface area contributed by atoms with Gasteiger partial charge in [-0.15, -0.1) is 0 Å². The van der Waals surface area contributed by atoms with Gasteiger partial charge in [-0.25, -0.2) is 0 Å². The number of benzene rings is 1. The molecule has 0 aliphatic carbocycles. The molecule has 0 spiro atoms. The molecule has 1 fully saturated rings. The minimum absolute atomic E-state index is 0.00695. The third-order valence-electron chi connectivity index (χ3n) is 6.43. The molecule has 1 aliphatic rings. The van der Waals surface area contributed by atoms with E-state index in [0.717, 1.165) is 23.0 Å². The molecular formula is C27H27N5S. The lowest BCUT2D eigenvalue weighted by Gasteiger charge is -2.28. The van der Waals surface area contributed by atoms with E-state index in [4.69, 9.17) is 12.2 Å². The zero-order chi connectivity index (χ0) is 22.9. The third-order valence-corrected chi connectivity index (χ3v) is 6.75. The Hall–Kier alpha value is -3.51. The summed E-state index contributed by atoms with van der Waals surface area (Å²) in [6.07, 6.45) is 5.54. The van der Waals surface area contributed by atoms with Gasteiger partial charge in [-0.1, -0.05) is 23.8 Å². The molecule has 4 aromatic rings. The van der Waals surface area contributed by atoms with Gasteiger partial charge in [0, 0.05) is 42.2 Å². The molecule has 166 valence electrons. The molecule has 1 N–H and O–H groups in total. The van der Waals surface area contributed by atoms with Gasteiger partial charge in [-0.3, -0.25) is 9.97 Å². The van der Waals surface area contributed by atoms with Crippen LogP contribution in [0, 0.1) is 20.8 Å². The molecule has 2 atom stereocenters. The van der Waals surface area contributed by atoms with Gasteiger partial charge in [0.25, 0.3) is 0 Å². The first-order chi connectivity index (χ1) is 16.0. The Morgan fingerprint density at radius 2 is 1.70 bits per heavy atom. The molecule has 5 nitrogen and oxygen atoms in total. The van der Waals surface area contributed by atoms with Crippen molar-refractivity contribution in [3.05, 3.63) is 113 Å². The number of thiocarbonyl (C=S) groups is 1. The van der Waals surface area contributed by atoms with E-state index in [1.165, 1.54) is 28.1 Å². The highest BCUT2D eigenvalue weighted by atomic mass is 32.1. The summed E-state index contributed by atoms with van der Waals surface area (Å²) in [4.78, 5) is 11.1. The Morgan fingerprint density at radius 3 is 2.39 bits per heavy atom. The van der Waals surface area contributed by atoms with Gasteiger partial charge in [0.15, 0.2) is 5.11 Å². The number of aryl methyl sites for hydroxylation is 2. The Labute approximate surface area is 200 Å². The summed E-state index contributed by atoms with van der Waals surface area (Å²) in [5, 5.41) is 4.29. The van der Waals surface area contributed by atoms with Gasteiger partial charge < -0.3 is 14.8 Å². The fourth-order valence-corrected chi connectivity index (χ4v) is 5.04. The molecule has 1 aromatic carbocycles. The molecule has 0 amide bonds.